The van der Waals surface area contributed by atoms with Crippen molar-refractivity contribution in [1.82, 2.24) is 4.98 Å². The second-order valence-corrected chi connectivity index (χ2v) is 8.00. The van der Waals surface area contributed by atoms with Gasteiger partial charge in [-0.25, -0.2) is 22.9 Å². The van der Waals surface area contributed by atoms with Gasteiger partial charge in [0.05, 0.1) is 0 Å². The van der Waals surface area contributed by atoms with Crippen LogP contribution < -0.4 is 5.14 Å². The van der Waals surface area contributed by atoms with E-state index < -0.39 is 10.0 Å². The summed E-state index contributed by atoms with van der Waals surface area (Å²) in [6.45, 7) is 4.26. The summed E-state index contributed by atoms with van der Waals surface area (Å²) in [5.41, 5.74) is 3.60. The van der Waals surface area contributed by atoms with Crippen LogP contribution in [0.5, 0.6) is 0 Å². The summed E-state index contributed by atoms with van der Waals surface area (Å²) in [5, 5.41) is 4.96. The van der Waals surface area contributed by atoms with Gasteiger partial charge in [0.25, 0.3) is 10.0 Å². The minimum atomic E-state index is -3.83. The molecule has 0 unspecified atom stereocenters. The van der Waals surface area contributed by atoms with E-state index in [0.29, 0.717) is 0 Å². The Hall–Kier alpha value is -2.31. The first-order valence-electron chi connectivity index (χ1n) is 8.49. The van der Waals surface area contributed by atoms with Gasteiger partial charge in [-0.05, 0) is 53.8 Å². The topological polar surface area (TPSA) is 73.1 Å². The van der Waals surface area contributed by atoms with Crippen LogP contribution in [0.1, 0.15) is 37.8 Å². The van der Waals surface area contributed by atoms with E-state index in [0.717, 1.165) is 35.1 Å². The number of halogens is 1. The maximum atomic E-state index is 13.3. The van der Waals surface area contributed by atoms with Crippen LogP contribution in [0.2, 0.25) is 0 Å². The first-order valence-corrected chi connectivity index (χ1v) is 10.0. The molecule has 2 aromatic rings. The van der Waals surface area contributed by atoms with Crippen LogP contribution in [-0.2, 0) is 10.0 Å². The van der Waals surface area contributed by atoms with Gasteiger partial charge in [0.15, 0.2) is 5.03 Å². The molecular formula is C20H21FN2O2S. The minimum Gasteiger partial charge on any atom is -0.243 e. The van der Waals surface area contributed by atoms with Crippen molar-refractivity contribution in [2.45, 2.75) is 31.7 Å². The average molecular weight is 372 g/mol. The predicted molar refractivity (Wildman–Crippen MR) is 101 cm³/mol. The summed E-state index contributed by atoms with van der Waals surface area (Å²) in [4.78, 5) is 4.00. The van der Waals surface area contributed by atoms with E-state index in [-0.39, 0.29) is 16.3 Å². The third kappa shape index (κ3) is 3.48. The van der Waals surface area contributed by atoms with Crippen LogP contribution in [0, 0.1) is 11.2 Å². The number of sulfonamides is 1. The summed E-state index contributed by atoms with van der Waals surface area (Å²) in [5.74, 6) is -0.283. The highest BCUT2D eigenvalue weighted by atomic mass is 32.2. The molecule has 0 bridgehead atoms. The fourth-order valence-electron chi connectivity index (χ4n) is 3.25. The van der Waals surface area contributed by atoms with E-state index in [9.17, 15) is 12.8 Å². The van der Waals surface area contributed by atoms with Gasteiger partial charge >= 0.3 is 0 Å². The van der Waals surface area contributed by atoms with Crippen LogP contribution >= 0.6 is 0 Å². The van der Waals surface area contributed by atoms with E-state index in [2.05, 4.69) is 31.0 Å². The van der Waals surface area contributed by atoms with Gasteiger partial charge in [0, 0.05) is 17.2 Å². The Morgan fingerprint density at radius 1 is 0.962 bits per heavy atom. The summed E-state index contributed by atoms with van der Waals surface area (Å²) in [6.07, 6.45) is 7.79. The molecule has 0 atom stereocenters. The molecular weight excluding hydrogens is 351 g/mol. The van der Waals surface area contributed by atoms with Crippen molar-refractivity contribution in [2.75, 3.05) is 0 Å². The summed E-state index contributed by atoms with van der Waals surface area (Å²) in [7, 11) is -3.83. The van der Waals surface area contributed by atoms with Gasteiger partial charge < -0.3 is 0 Å². The Kier molecular flexibility index (Phi) is 4.82. The molecule has 136 valence electrons. The number of nitrogens with zero attached hydrogens (tertiary/aromatic N) is 1. The first kappa shape index (κ1) is 18.5. The smallest absolute Gasteiger partial charge is 0.243 e. The zero-order chi connectivity index (χ0) is 18.9. The van der Waals surface area contributed by atoms with Crippen molar-refractivity contribution in [3.63, 3.8) is 0 Å². The van der Waals surface area contributed by atoms with E-state index in [1.165, 1.54) is 24.4 Å². The number of primary sulfonamides is 1. The highest BCUT2D eigenvalue weighted by Crippen LogP contribution is 2.47. The third-order valence-electron chi connectivity index (χ3n) is 4.96. The molecule has 0 aliphatic heterocycles. The number of nitrogens with two attached hydrogens (primary N) is 1. The Morgan fingerprint density at radius 3 is 1.96 bits per heavy atom. The third-order valence-corrected chi connectivity index (χ3v) is 5.79. The molecule has 3 rings (SSSR count). The lowest BCUT2D eigenvalue weighted by atomic mass is 9.84. The Labute approximate surface area is 153 Å². The van der Waals surface area contributed by atoms with Crippen molar-refractivity contribution in [3.8, 4) is 0 Å². The summed E-state index contributed by atoms with van der Waals surface area (Å²) in [6, 6.07) is 9.50. The maximum absolute atomic E-state index is 13.3. The monoisotopic (exact) mass is 372 g/mol. The molecule has 6 heteroatoms. The van der Waals surface area contributed by atoms with Crippen LogP contribution in [-0.4, -0.2) is 13.4 Å². The van der Waals surface area contributed by atoms with Crippen molar-refractivity contribution in [2.24, 2.45) is 10.6 Å². The molecule has 1 aromatic carbocycles. The van der Waals surface area contributed by atoms with Gasteiger partial charge in [-0.3, -0.25) is 0 Å². The molecule has 0 saturated heterocycles. The quantitative estimate of drug-likeness (QED) is 0.857. The van der Waals surface area contributed by atoms with E-state index in [1.54, 1.807) is 18.2 Å². The molecule has 1 aromatic heterocycles. The Bertz CT molecular complexity index is 971. The number of aromatic nitrogens is 1. The molecule has 0 fully saturated rings. The zero-order valence-corrected chi connectivity index (χ0v) is 15.6. The van der Waals surface area contributed by atoms with Crippen molar-refractivity contribution >= 4 is 21.2 Å². The molecule has 2 N–H and O–H groups in total. The number of pyridine rings is 1. The largest absolute Gasteiger partial charge is 0.255 e. The predicted octanol–water partition coefficient (Wildman–Crippen LogP) is 4.16. The lowest BCUT2D eigenvalue weighted by Crippen LogP contribution is -2.13. The highest BCUT2D eigenvalue weighted by molar-refractivity contribution is 7.89. The Balaban J connectivity index is 2.10. The normalized spacial score (nSPS) is 16.3. The molecule has 0 amide bonds. The van der Waals surface area contributed by atoms with Crippen molar-refractivity contribution in [3.05, 3.63) is 71.7 Å². The molecule has 0 spiro atoms. The first-order chi connectivity index (χ1) is 12.3. The molecule has 0 radical (unpaired) electrons. The van der Waals surface area contributed by atoms with E-state index >= 15 is 0 Å². The van der Waals surface area contributed by atoms with E-state index in [1.807, 2.05) is 0 Å². The van der Waals surface area contributed by atoms with Gasteiger partial charge in [0.1, 0.15) is 5.82 Å². The Morgan fingerprint density at radius 2 is 1.50 bits per heavy atom. The molecule has 0 saturated carbocycles. The average Bonchev–Trinajstić information content (AvgIpc) is 3.02. The minimum absolute atomic E-state index is 0.0856. The van der Waals surface area contributed by atoms with Crippen LogP contribution in [0.15, 0.2) is 59.8 Å². The summed E-state index contributed by atoms with van der Waals surface area (Å²) < 4.78 is 36.2. The lowest BCUT2D eigenvalue weighted by Gasteiger charge is -2.20. The van der Waals surface area contributed by atoms with Gasteiger partial charge in [-0.2, -0.15) is 0 Å². The maximum Gasteiger partial charge on any atom is 0.255 e. The molecule has 26 heavy (non-hydrogen) atoms. The number of hydrogen-bond acceptors (Lipinski definition) is 3. The van der Waals surface area contributed by atoms with Gasteiger partial charge in [-0.15, -0.1) is 0 Å². The van der Waals surface area contributed by atoms with Crippen molar-refractivity contribution in [1.29, 1.82) is 0 Å². The van der Waals surface area contributed by atoms with Crippen molar-refractivity contribution < 1.29 is 12.8 Å². The molecule has 1 heterocycles. The molecule has 1 aliphatic carbocycles. The summed E-state index contributed by atoms with van der Waals surface area (Å²) >= 11 is 0. The number of allylic oxidation sites excluding steroid dienone is 4. The van der Waals surface area contributed by atoms with Crippen LogP contribution in [0.25, 0.3) is 11.1 Å². The van der Waals surface area contributed by atoms with Gasteiger partial charge in [0.2, 0.25) is 0 Å². The molecule has 4 nitrogen and oxygen atoms in total. The standard InChI is InChI=1S/C20H21FN2O2S/c1-3-20(4-2)11-17(14-5-8-16(21)9-6-14)18(12-20)15-7-10-19(23-13-15)26(22,24)25/h5-13H,3-4H2,1-2H3,(H2,22,24,25). The fraction of sp³-hybridized carbons (Fsp3) is 0.250. The second kappa shape index (κ2) is 6.78. The zero-order valence-electron chi connectivity index (χ0n) is 14.7. The van der Waals surface area contributed by atoms with Crippen LogP contribution in [0.3, 0.4) is 0 Å². The number of hydrogen-bond donors (Lipinski definition) is 1. The molecule has 1 aliphatic rings. The van der Waals surface area contributed by atoms with E-state index in [4.69, 9.17) is 5.14 Å². The lowest BCUT2D eigenvalue weighted by molar-refractivity contribution is 0.464. The SMILES string of the molecule is CCC1(CC)C=C(c2ccc(F)cc2)C(c2ccc(S(N)(=O)=O)nc2)=C1. The van der Waals surface area contributed by atoms with Crippen LogP contribution in [0.4, 0.5) is 4.39 Å². The fourth-order valence-corrected chi connectivity index (χ4v) is 3.70. The number of rotatable bonds is 5. The van der Waals surface area contributed by atoms with Gasteiger partial charge in [-0.1, -0.05) is 38.1 Å². The highest BCUT2D eigenvalue weighted by Gasteiger charge is 2.30. The number of benzene rings is 1. The second-order valence-electron chi connectivity index (χ2n) is 6.49.